The number of anilines is 1. The Balaban J connectivity index is 2.06. The molecule has 0 radical (unpaired) electrons. The molecule has 0 spiro atoms. The molecule has 0 bridgehead atoms. The average molecular weight is 344 g/mol. The fourth-order valence-corrected chi connectivity index (χ4v) is 2.47. The quantitative estimate of drug-likeness (QED) is 0.641. The Hall–Kier alpha value is -2.83. The summed E-state index contributed by atoms with van der Waals surface area (Å²) in [6.07, 6.45) is 3.77. The number of carboxylic acids is 1. The largest absolute Gasteiger partial charge is 0.481 e. The maximum absolute atomic E-state index is 12.0. The van der Waals surface area contributed by atoms with Crippen LogP contribution < -0.4 is 10.6 Å². The van der Waals surface area contributed by atoms with Gasteiger partial charge in [-0.3, -0.25) is 4.79 Å². The second kappa shape index (κ2) is 8.86. The smallest absolute Gasteiger partial charge is 0.319 e. The van der Waals surface area contributed by atoms with E-state index >= 15 is 0 Å². The summed E-state index contributed by atoms with van der Waals surface area (Å²) in [5.41, 5.74) is 3.72. The van der Waals surface area contributed by atoms with E-state index < -0.39 is 5.97 Å². The van der Waals surface area contributed by atoms with Crippen LogP contribution in [0.2, 0.25) is 0 Å². The first kappa shape index (κ1) is 18.5. The summed E-state index contributed by atoms with van der Waals surface area (Å²) in [4.78, 5) is 22.5. The Morgan fingerprint density at radius 2 is 1.96 bits per heavy atom. The molecule has 0 atom stereocenters. The van der Waals surface area contributed by atoms with Crippen molar-refractivity contribution in [3.63, 3.8) is 0 Å². The summed E-state index contributed by atoms with van der Waals surface area (Å²) >= 11 is 0. The third-order valence-electron chi connectivity index (χ3n) is 3.74. The molecule has 1 heterocycles. The molecule has 0 aliphatic rings. The van der Waals surface area contributed by atoms with E-state index in [2.05, 4.69) is 22.7 Å². The number of aryl methyl sites for hydroxylation is 1. The van der Waals surface area contributed by atoms with Crippen molar-refractivity contribution in [2.75, 3.05) is 11.9 Å². The van der Waals surface area contributed by atoms with Crippen LogP contribution in [-0.4, -0.2) is 33.4 Å². The number of aliphatic carboxylic acids is 1. The maximum atomic E-state index is 12.0. The van der Waals surface area contributed by atoms with Gasteiger partial charge in [0.25, 0.3) is 0 Å². The number of nitrogens with one attached hydrogen (secondary N) is 2. The minimum absolute atomic E-state index is 0.0344. The zero-order chi connectivity index (χ0) is 18.2. The van der Waals surface area contributed by atoms with Gasteiger partial charge in [0.2, 0.25) is 0 Å². The number of aromatic nitrogens is 2. The van der Waals surface area contributed by atoms with Gasteiger partial charge < -0.3 is 15.7 Å². The molecule has 1 aromatic carbocycles. The van der Waals surface area contributed by atoms with Crippen molar-refractivity contribution in [1.82, 2.24) is 15.1 Å². The number of carboxylic acid groups (broad SMARTS) is 1. The molecule has 0 saturated carbocycles. The lowest BCUT2D eigenvalue weighted by atomic mass is 10.2. The molecule has 1 aromatic heterocycles. The van der Waals surface area contributed by atoms with E-state index in [0.29, 0.717) is 18.7 Å². The van der Waals surface area contributed by atoms with Crippen molar-refractivity contribution in [3.05, 3.63) is 41.7 Å². The number of carbonyl (C=O) groups excluding carboxylic acids is 1. The van der Waals surface area contributed by atoms with E-state index in [0.717, 1.165) is 24.2 Å². The fourth-order valence-electron chi connectivity index (χ4n) is 2.47. The van der Waals surface area contributed by atoms with Gasteiger partial charge in [-0.1, -0.05) is 31.0 Å². The highest BCUT2D eigenvalue weighted by Gasteiger charge is 2.14. The zero-order valence-electron chi connectivity index (χ0n) is 14.6. The molecule has 0 saturated heterocycles. The van der Waals surface area contributed by atoms with Crippen LogP contribution in [0.25, 0.3) is 5.69 Å². The third kappa shape index (κ3) is 5.34. The molecule has 134 valence electrons. The zero-order valence-corrected chi connectivity index (χ0v) is 14.6. The molecular formula is C18H24N4O3. The number of hydrogen-bond donors (Lipinski definition) is 3. The first-order valence-corrected chi connectivity index (χ1v) is 8.42. The minimum atomic E-state index is -0.869. The maximum Gasteiger partial charge on any atom is 0.319 e. The van der Waals surface area contributed by atoms with Crippen LogP contribution in [0.15, 0.2) is 30.5 Å². The number of urea groups is 1. The summed E-state index contributed by atoms with van der Waals surface area (Å²) in [6, 6.07) is 7.68. The molecule has 7 heteroatoms. The van der Waals surface area contributed by atoms with Crippen molar-refractivity contribution < 1.29 is 14.7 Å². The lowest BCUT2D eigenvalue weighted by molar-refractivity contribution is -0.137. The second-order valence-electron chi connectivity index (χ2n) is 5.88. The predicted molar refractivity (Wildman–Crippen MR) is 96.2 cm³/mol. The Morgan fingerprint density at radius 3 is 2.60 bits per heavy atom. The van der Waals surface area contributed by atoms with E-state index in [-0.39, 0.29) is 12.5 Å². The van der Waals surface area contributed by atoms with Gasteiger partial charge in [0, 0.05) is 13.0 Å². The summed E-state index contributed by atoms with van der Waals surface area (Å²) < 4.78 is 1.84. The number of benzene rings is 1. The second-order valence-corrected chi connectivity index (χ2v) is 5.88. The number of nitrogens with zero attached hydrogens (tertiary/aromatic N) is 2. The summed E-state index contributed by atoms with van der Waals surface area (Å²) in [5.74, 6) is -0.869. The topological polar surface area (TPSA) is 96.2 Å². The van der Waals surface area contributed by atoms with Crippen LogP contribution in [0.3, 0.4) is 0 Å². The SMILES string of the molecule is CCCc1c(NC(=O)NCCCC(=O)O)cnn1-c1ccc(C)cc1. The standard InChI is InChI=1S/C18H24N4O3/c1-3-5-16-15(21-18(25)19-11-4-6-17(23)24)12-20-22(16)14-9-7-13(2)8-10-14/h7-10,12H,3-6,11H2,1-2H3,(H,23,24)(H2,19,21,25). The molecule has 25 heavy (non-hydrogen) atoms. The van der Waals surface area contributed by atoms with E-state index in [1.807, 2.05) is 35.9 Å². The van der Waals surface area contributed by atoms with E-state index in [1.165, 1.54) is 5.56 Å². The van der Waals surface area contributed by atoms with Gasteiger partial charge in [0.05, 0.1) is 23.3 Å². The van der Waals surface area contributed by atoms with Crippen molar-refractivity contribution in [2.45, 2.75) is 39.5 Å². The van der Waals surface area contributed by atoms with Gasteiger partial charge in [-0.25, -0.2) is 9.48 Å². The first-order chi connectivity index (χ1) is 12.0. The van der Waals surface area contributed by atoms with Crippen molar-refractivity contribution in [1.29, 1.82) is 0 Å². The molecule has 2 amide bonds. The van der Waals surface area contributed by atoms with E-state index in [4.69, 9.17) is 5.11 Å². The number of rotatable bonds is 8. The van der Waals surface area contributed by atoms with Gasteiger partial charge in [0.15, 0.2) is 0 Å². The molecule has 7 nitrogen and oxygen atoms in total. The predicted octanol–water partition coefficient (Wildman–Crippen LogP) is 3.12. The Labute approximate surface area is 147 Å². The summed E-state index contributed by atoms with van der Waals surface area (Å²) in [7, 11) is 0. The van der Waals surface area contributed by atoms with Crippen LogP contribution >= 0.6 is 0 Å². The van der Waals surface area contributed by atoms with Crippen LogP contribution in [0, 0.1) is 6.92 Å². The van der Waals surface area contributed by atoms with E-state index in [9.17, 15) is 9.59 Å². The number of amides is 2. The Kier molecular flexibility index (Phi) is 6.56. The summed E-state index contributed by atoms with van der Waals surface area (Å²) in [5, 5.41) is 18.5. The fraction of sp³-hybridized carbons (Fsp3) is 0.389. The third-order valence-corrected chi connectivity index (χ3v) is 3.74. The lowest BCUT2D eigenvalue weighted by Crippen LogP contribution is -2.30. The highest BCUT2D eigenvalue weighted by molar-refractivity contribution is 5.89. The molecule has 2 aromatic rings. The lowest BCUT2D eigenvalue weighted by Gasteiger charge is -2.11. The van der Waals surface area contributed by atoms with Gasteiger partial charge in [-0.05, 0) is 31.9 Å². The number of carbonyl (C=O) groups is 2. The monoisotopic (exact) mass is 344 g/mol. The highest BCUT2D eigenvalue weighted by atomic mass is 16.4. The molecule has 2 rings (SSSR count). The molecule has 0 aliphatic heterocycles. The van der Waals surface area contributed by atoms with Crippen molar-refractivity contribution >= 4 is 17.7 Å². The van der Waals surface area contributed by atoms with Crippen LogP contribution in [0.1, 0.15) is 37.4 Å². The highest BCUT2D eigenvalue weighted by Crippen LogP contribution is 2.21. The molecular weight excluding hydrogens is 320 g/mol. The van der Waals surface area contributed by atoms with Crippen LogP contribution in [0.4, 0.5) is 10.5 Å². The van der Waals surface area contributed by atoms with E-state index in [1.54, 1.807) is 6.20 Å². The summed E-state index contributed by atoms with van der Waals surface area (Å²) in [6.45, 7) is 4.41. The van der Waals surface area contributed by atoms with Crippen molar-refractivity contribution in [3.8, 4) is 5.69 Å². The van der Waals surface area contributed by atoms with Crippen LogP contribution in [0.5, 0.6) is 0 Å². The first-order valence-electron chi connectivity index (χ1n) is 8.42. The molecule has 0 aliphatic carbocycles. The Morgan fingerprint density at radius 1 is 1.24 bits per heavy atom. The van der Waals surface area contributed by atoms with Gasteiger partial charge >= 0.3 is 12.0 Å². The van der Waals surface area contributed by atoms with Gasteiger partial charge in [0.1, 0.15) is 0 Å². The molecule has 0 unspecified atom stereocenters. The van der Waals surface area contributed by atoms with Gasteiger partial charge in [-0.2, -0.15) is 5.10 Å². The average Bonchev–Trinajstić information content (AvgIpc) is 2.95. The van der Waals surface area contributed by atoms with Gasteiger partial charge in [-0.15, -0.1) is 0 Å². The Bertz CT molecular complexity index is 722. The minimum Gasteiger partial charge on any atom is -0.481 e. The normalized spacial score (nSPS) is 10.5. The van der Waals surface area contributed by atoms with Crippen LogP contribution in [-0.2, 0) is 11.2 Å². The molecule has 3 N–H and O–H groups in total. The molecule has 0 fully saturated rings. The van der Waals surface area contributed by atoms with Crippen molar-refractivity contribution in [2.24, 2.45) is 0 Å². The number of hydrogen-bond acceptors (Lipinski definition) is 3.